The first-order valence-corrected chi connectivity index (χ1v) is 9.30. The Hall–Kier alpha value is -3.17. The lowest BCUT2D eigenvalue weighted by molar-refractivity contribution is -0.149. The zero-order chi connectivity index (χ0) is 22.1. The van der Waals surface area contributed by atoms with E-state index in [1.54, 1.807) is 12.1 Å². The fourth-order valence-electron chi connectivity index (χ4n) is 3.30. The number of benzene rings is 2. The van der Waals surface area contributed by atoms with Gasteiger partial charge in [-0.3, -0.25) is 4.79 Å². The Kier molecular flexibility index (Phi) is 5.95. The van der Waals surface area contributed by atoms with Crippen LogP contribution in [0.5, 0.6) is 11.5 Å². The molecule has 1 aliphatic heterocycles. The van der Waals surface area contributed by atoms with Gasteiger partial charge < -0.3 is 30.7 Å². The number of carbonyl (C=O) groups excluding carboxylic acids is 1. The molecular formula is C21H23FN2O6. The normalized spacial score (nSPS) is 16.9. The summed E-state index contributed by atoms with van der Waals surface area (Å²) in [6.45, 7) is 3.88. The maximum Gasteiger partial charge on any atom is 0.354 e. The third kappa shape index (κ3) is 4.87. The van der Waals surface area contributed by atoms with Crippen molar-refractivity contribution in [3.05, 3.63) is 53.3 Å². The van der Waals surface area contributed by atoms with Gasteiger partial charge in [-0.25, -0.2) is 9.18 Å². The molecule has 0 spiro atoms. The van der Waals surface area contributed by atoms with Crippen LogP contribution < -0.4 is 15.4 Å². The van der Waals surface area contributed by atoms with Crippen molar-refractivity contribution in [2.24, 2.45) is 0 Å². The average Bonchev–Trinajstić information content (AvgIpc) is 2.66. The second-order valence-corrected chi connectivity index (χ2v) is 7.82. The highest BCUT2D eigenvalue weighted by molar-refractivity contribution is 6.09. The number of aliphatic hydroxyl groups is 1. The summed E-state index contributed by atoms with van der Waals surface area (Å²) in [6, 6.07) is 8.60. The zero-order valence-corrected chi connectivity index (χ0v) is 16.5. The number of carboxylic acids is 1. The third-order valence-corrected chi connectivity index (χ3v) is 4.75. The van der Waals surface area contributed by atoms with Crippen LogP contribution in [0.4, 0.5) is 10.1 Å². The molecule has 0 bridgehead atoms. The number of aromatic hydroxyl groups is 1. The number of aliphatic hydroxyl groups excluding tert-OH is 1. The molecule has 0 saturated carbocycles. The standard InChI is InChI=1S/C21H23FN2O6/c1-21(2,9-11-3-5-12(22)6-4-11)23-10-16(26)14-7-13(25)8-15-17(14)30-18(20(28)29)19(27)24-15/h3-8,16,18,23,25-26H,9-10H2,1-2H3,(H,24,27)(H,28,29). The summed E-state index contributed by atoms with van der Waals surface area (Å²) in [5, 5.41) is 35.4. The summed E-state index contributed by atoms with van der Waals surface area (Å²) in [4.78, 5) is 23.1. The molecule has 160 valence electrons. The minimum atomic E-state index is -1.75. The maximum atomic E-state index is 13.1. The number of hydrogen-bond acceptors (Lipinski definition) is 6. The van der Waals surface area contributed by atoms with E-state index in [0.717, 1.165) is 5.56 Å². The van der Waals surface area contributed by atoms with Crippen LogP contribution in [0.1, 0.15) is 31.1 Å². The number of carboxylic acid groups (broad SMARTS) is 1. The number of nitrogens with one attached hydrogen (secondary N) is 2. The van der Waals surface area contributed by atoms with Crippen molar-refractivity contribution in [3.63, 3.8) is 0 Å². The topological polar surface area (TPSA) is 128 Å². The first kappa shape index (κ1) is 21.5. The molecule has 2 aromatic carbocycles. The Balaban J connectivity index is 1.75. The van der Waals surface area contributed by atoms with Gasteiger partial charge in [0, 0.05) is 23.7 Å². The lowest BCUT2D eigenvalue weighted by Crippen LogP contribution is -2.44. The second kappa shape index (κ2) is 8.29. The molecule has 0 saturated heterocycles. The van der Waals surface area contributed by atoms with Gasteiger partial charge in [0.05, 0.1) is 11.8 Å². The fourth-order valence-corrected chi connectivity index (χ4v) is 3.30. The highest BCUT2D eigenvalue weighted by Crippen LogP contribution is 2.40. The van der Waals surface area contributed by atoms with E-state index in [1.165, 1.54) is 24.3 Å². The third-order valence-electron chi connectivity index (χ3n) is 4.75. The summed E-state index contributed by atoms with van der Waals surface area (Å²) in [5.74, 6) is -2.89. The molecule has 5 N–H and O–H groups in total. The molecule has 2 atom stereocenters. The number of ether oxygens (including phenoxy) is 1. The predicted molar refractivity (Wildman–Crippen MR) is 106 cm³/mol. The van der Waals surface area contributed by atoms with E-state index in [1.807, 2.05) is 13.8 Å². The molecule has 0 aromatic heterocycles. The molecular weight excluding hydrogens is 395 g/mol. The highest BCUT2D eigenvalue weighted by atomic mass is 19.1. The van der Waals surface area contributed by atoms with Crippen LogP contribution in [0, 0.1) is 5.82 Å². The van der Waals surface area contributed by atoms with Crippen molar-refractivity contribution in [1.82, 2.24) is 5.32 Å². The van der Waals surface area contributed by atoms with Crippen LogP contribution in [-0.2, 0) is 16.0 Å². The van der Waals surface area contributed by atoms with E-state index in [0.29, 0.717) is 6.42 Å². The predicted octanol–water partition coefficient (Wildman–Crippen LogP) is 1.96. The molecule has 2 aromatic rings. The van der Waals surface area contributed by atoms with Gasteiger partial charge in [-0.15, -0.1) is 0 Å². The van der Waals surface area contributed by atoms with E-state index in [2.05, 4.69) is 10.6 Å². The van der Waals surface area contributed by atoms with E-state index < -0.39 is 29.6 Å². The van der Waals surface area contributed by atoms with Crippen LogP contribution in [-0.4, -0.2) is 45.4 Å². The quantitative estimate of drug-likeness (QED) is 0.435. The number of amides is 1. The Bertz CT molecular complexity index is 961. The largest absolute Gasteiger partial charge is 0.508 e. The summed E-state index contributed by atoms with van der Waals surface area (Å²) in [6.07, 6.45) is -2.36. The summed E-state index contributed by atoms with van der Waals surface area (Å²) < 4.78 is 18.4. The molecule has 9 heteroatoms. The molecule has 1 aliphatic rings. The number of carbonyl (C=O) groups is 2. The van der Waals surface area contributed by atoms with Gasteiger partial charge in [-0.05, 0) is 44.0 Å². The molecule has 0 radical (unpaired) electrons. The lowest BCUT2D eigenvalue weighted by Gasteiger charge is -2.30. The van der Waals surface area contributed by atoms with Gasteiger partial charge in [0.2, 0.25) is 0 Å². The summed E-state index contributed by atoms with van der Waals surface area (Å²) in [5.41, 5.74) is 0.667. The first-order chi connectivity index (χ1) is 14.1. The van der Waals surface area contributed by atoms with Crippen LogP contribution in [0.15, 0.2) is 36.4 Å². The number of phenols is 1. The van der Waals surface area contributed by atoms with Crippen molar-refractivity contribution in [2.75, 3.05) is 11.9 Å². The van der Waals surface area contributed by atoms with Crippen LogP contribution in [0.3, 0.4) is 0 Å². The minimum Gasteiger partial charge on any atom is -0.508 e. The Labute approximate surface area is 172 Å². The molecule has 30 heavy (non-hydrogen) atoms. The van der Waals surface area contributed by atoms with Crippen LogP contribution in [0.25, 0.3) is 0 Å². The molecule has 1 heterocycles. The monoisotopic (exact) mass is 418 g/mol. The van der Waals surface area contributed by atoms with E-state index in [4.69, 9.17) is 9.84 Å². The number of anilines is 1. The SMILES string of the molecule is CC(C)(Cc1ccc(F)cc1)NCC(O)c1cc(O)cc2c1OC(C(=O)O)C(=O)N2. The Morgan fingerprint density at radius 2 is 1.97 bits per heavy atom. The number of β-amino-alcohol motifs (C(OH)–C–C–N with tert-alkyl or cyclic N) is 1. The van der Waals surface area contributed by atoms with E-state index in [9.17, 15) is 24.2 Å². The van der Waals surface area contributed by atoms with Crippen LogP contribution in [0.2, 0.25) is 0 Å². The molecule has 0 fully saturated rings. The van der Waals surface area contributed by atoms with Gasteiger partial charge in [0.15, 0.2) is 5.75 Å². The number of hydrogen-bond donors (Lipinski definition) is 5. The maximum absolute atomic E-state index is 13.1. The number of phenolic OH excluding ortho intramolecular Hbond substituents is 1. The first-order valence-electron chi connectivity index (χ1n) is 9.30. The van der Waals surface area contributed by atoms with Crippen LogP contribution >= 0.6 is 0 Å². The molecule has 8 nitrogen and oxygen atoms in total. The van der Waals surface area contributed by atoms with E-state index in [-0.39, 0.29) is 35.1 Å². The smallest absolute Gasteiger partial charge is 0.354 e. The van der Waals surface area contributed by atoms with Crippen molar-refractivity contribution in [1.29, 1.82) is 0 Å². The number of halogens is 1. The Morgan fingerprint density at radius 1 is 1.30 bits per heavy atom. The van der Waals surface area contributed by atoms with Crippen molar-refractivity contribution >= 4 is 17.6 Å². The van der Waals surface area contributed by atoms with Gasteiger partial charge in [-0.1, -0.05) is 12.1 Å². The van der Waals surface area contributed by atoms with Crippen molar-refractivity contribution in [3.8, 4) is 11.5 Å². The minimum absolute atomic E-state index is 0.00885. The molecule has 3 rings (SSSR count). The number of rotatable bonds is 7. The van der Waals surface area contributed by atoms with Gasteiger partial charge in [0.1, 0.15) is 11.6 Å². The van der Waals surface area contributed by atoms with Crippen molar-refractivity contribution in [2.45, 2.75) is 38.0 Å². The lowest BCUT2D eigenvalue weighted by atomic mass is 9.94. The Morgan fingerprint density at radius 3 is 2.60 bits per heavy atom. The second-order valence-electron chi connectivity index (χ2n) is 7.82. The van der Waals surface area contributed by atoms with Crippen molar-refractivity contribution < 1.29 is 34.0 Å². The zero-order valence-electron chi connectivity index (χ0n) is 16.5. The summed E-state index contributed by atoms with van der Waals surface area (Å²) in [7, 11) is 0. The van der Waals surface area contributed by atoms with E-state index >= 15 is 0 Å². The van der Waals surface area contributed by atoms with Gasteiger partial charge >= 0.3 is 5.97 Å². The number of fused-ring (bicyclic) bond motifs is 1. The van der Waals surface area contributed by atoms with Gasteiger partial charge in [0.25, 0.3) is 12.0 Å². The average molecular weight is 418 g/mol. The highest BCUT2D eigenvalue weighted by Gasteiger charge is 2.36. The van der Waals surface area contributed by atoms with Gasteiger partial charge in [-0.2, -0.15) is 0 Å². The molecule has 1 amide bonds. The summed E-state index contributed by atoms with van der Waals surface area (Å²) >= 11 is 0. The molecule has 0 aliphatic carbocycles. The molecule has 2 unspecified atom stereocenters. The fraction of sp³-hybridized carbons (Fsp3) is 0.333. The number of aliphatic carboxylic acids is 1.